The van der Waals surface area contributed by atoms with Crippen LogP contribution < -0.4 is 4.74 Å². The van der Waals surface area contributed by atoms with E-state index in [1.807, 2.05) is 42.5 Å². The third-order valence-electron chi connectivity index (χ3n) is 5.08. The van der Waals surface area contributed by atoms with E-state index in [9.17, 15) is 14.4 Å². The lowest BCUT2D eigenvalue weighted by molar-refractivity contribution is -0.142. The van der Waals surface area contributed by atoms with E-state index in [2.05, 4.69) is 32.9 Å². The first-order valence-electron chi connectivity index (χ1n) is 10.5. The van der Waals surface area contributed by atoms with Crippen molar-refractivity contribution in [1.29, 1.82) is 0 Å². The van der Waals surface area contributed by atoms with Crippen molar-refractivity contribution in [3.05, 3.63) is 65.7 Å². The Morgan fingerprint density at radius 1 is 0.935 bits per heavy atom. The predicted molar refractivity (Wildman–Crippen MR) is 121 cm³/mol. The average molecular weight is 425 g/mol. The Morgan fingerprint density at radius 2 is 1.58 bits per heavy atom. The van der Waals surface area contributed by atoms with E-state index >= 15 is 0 Å². The minimum absolute atomic E-state index is 0.0713. The molecule has 0 saturated carbocycles. The van der Waals surface area contributed by atoms with Gasteiger partial charge in [0.05, 0.1) is 6.54 Å². The Balaban J connectivity index is 1.79. The van der Waals surface area contributed by atoms with Crippen LogP contribution in [0.4, 0.5) is 0 Å². The Bertz CT molecular complexity index is 857. The molecule has 0 spiro atoms. The molecule has 0 N–H and O–H groups in total. The number of carbonyl (C=O) groups excluding carboxylic acids is 3. The molecule has 0 aromatic heterocycles. The molecule has 2 rings (SSSR count). The van der Waals surface area contributed by atoms with Gasteiger partial charge in [0.1, 0.15) is 18.8 Å². The van der Waals surface area contributed by atoms with E-state index in [0.29, 0.717) is 26.0 Å². The Labute approximate surface area is 184 Å². The molecule has 6 nitrogen and oxygen atoms in total. The van der Waals surface area contributed by atoms with Gasteiger partial charge in [0, 0.05) is 13.6 Å². The maximum absolute atomic E-state index is 12.4. The summed E-state index contributed by atoms with van der Waals surface area (Å²) in [5.74, 6) is -0.118. The van der Waals surface area contributed by atoms with Gasteiger partial charge in [-0.15, -0.1) is 0 Å². The number of rotatable bonds is 10. The first-order chi connectivity index (χ1) is 14.7. The summed E-state index contributed by atoms with van der Waals surface area (Å²) in [6.07, 6.45) is 0.699. The molecule has 0 aliphatic heterocycles. The molecule has 2 aromatic rings. The molecule has 3 amide bonds. The van der Waals surface area contributed by atoms with Gasteiger partial charge in [0.2, 0.25) is 18.2 Å². The van der Waals surface area contributed by atoms with Crippen LogP contribution in [-0.2, 0) is 26.2 Å². The van der Waals surface area contributed by atoms with Crippen molar-refractivity contribution >= 4 is 18.2 Å². The number of nitrogens with zero attached hydrogens (tertiary/aromatic N) is 2. The molecule has 0 unspecified atom stereocenters. The van der Waals surface area contributed by atoms with Gasteiger partial charge in [0.25, 0.3) is 0 Å². The van der Waals surface area contributed by atoms with E-state index in [-0.39, 0.29) is 24.3 Å². The molecule has 31 heavy (non-hydrogen) atoms. The summed E-state index contributed by atoms with van der Waals surface area (Å²) < 4.78 is 5.57. The zero-order chi connectivity index (χ0) is 22.9. The van der Waals surface area contributed by atoms with Crippen molar-refractivity contribution in [1.82, 2.24) is 9.80 Å². The lowest BCUT2D eigenvalue weighted by Crippen LogP contribution is -2.38. The van der Waals surface area contributed by atoms with E-state index in [0.717, 1.165) is 16.2 Å². The van der Waals surface area contributed by atoms with E-state index in [1.165, 1.54) is 10.5 Å². The van der Waals surface area contributed by atoms with Crippen molar-refractivity contribution in [3.8, 4) is 5.75 Å². The number of likely N-dealkylation sites (N-methyl/N-ethyl adjacent to an activating group) is 1. The fourth-order valence-corrected chi connectivity index (χ4v) is 2.96. The van der Waals surface area contributed by atoms with Crippen molar-refractivity contribution < 1.29 is 19.1 Å². The molecule has 0 heterocycles. The van der Waals surface area contributed by atoms with Crippen LogP contribution in [0.3, 0.4) is 0 Å². The summed E-state index contributed by atoms with van der Waals surface area (Å²) in [4.78, 5) is 38.6. The second-order valence-corrected chi connectivity index (χ2v) is 8.54. The van der Waals surface area contributed by atoms with Crippen LogP contribution in [0.2, 0.25) is 0 Å². The number of para-hydroxylation sites is 1. The van der Waals surface area contributed by atoms with Gasteiger partial charge in [-0.1, -0.05) is 63.2 Å². The smallest absolute Gasteiger partial charge is 0.238 e. The third kappa shape index (κ3) is 7.89. The largest absolute Gasteiger partial charge is 0.492 e. The fourth-order valence-electron chi connectivity index (χ4n) is 2.96. The summed E-state index contributed by atoms with van der Waals surface area (Å²) in [6.45, 7) is 7.36. The van der Waals surface area contributed by atoms with Crippen molar-refractivity contribution in [2.75, 3.05) is 26.7 Å². The van der Waals surface area contributed by atoms with Crippen LogP contribution in [0, 0.1) is 0 Å². The van der Waals surface area contributed by atoms with Gasteiger partial charge in [-0.25, -0.2) is 0 Å². The highest BCUT2D eigenvalue weighted by atomic mass is 16.5. The highest BCUT2D eigenvalue weighted by molar-refractivity contribution is 6.00. The van der Waals surface area contributed by atoms with Crippen molar-refractivity contribution in [2.24, 2.45) is 0 Å². The van der Waals surface area contributed by atoms with Crippen molar-refractivity contribution in [2.45, 2.75) is 39.0 Å². The Kier molecular flexibility index (Phi) is 8.79. The molecular weight excluding hydrogens is 392 g/mol. The summed E-state index contributed by atoms with van der Waals surface area (Å²) >= 11 is 0. The second-order valence-electron chi connectivity index (χ2n) is 8.54. The van der Waals surface area contributed by atoms with Gasteiger partial charge in [-0.2, -0.15) is 0 Å². The minimum atomic E-state index is -0.498. The summed E-state index contributed by atoms with van der Waals surface area (Å²) in [5, 5.41) is 0. The second kappa shape index (κ2) is 11.3. The van der Waals surface area contributed by atoms with E-state index in [1.54, 1.807) is 7.05 Å². The maximum atomic E-state index is 12.4. The molecule has 0 aliphatic carbocycles. The van der Waals surface area contributed by atoms with Crippen molar-refractivity contribution in [3.63, 3.8) is 0 Å². The fraction of sp³-hybridized carbons (Fsp3) is 0.400. The zero-order valence-electron chi connectivity index (χ0n) is 18.8. The van der Waals surface area contributed by atoms with Crippen LogP contribution in [-0.4, -0.2) is 54.8 Å². The zero-order valence-corrected chi connectivity index (χ0v) is 18.8. The van der Waals surface area contributed by atoms with Crippen LogP contribution in [0.5, 0.6) is 5.75 Å². The van der Waals surface area contributed by atoms with Crippen LogP contribution in [0.25, 0.3) is 0 Å². The summed E-state index contributed by atoms with van der Waals surface area (Å²) in [7, 11) is 1.62. The van der Waals surface area contributed by atoms with Gasteiger partial charge < -0.3 is 9.64 Å². The summed E-state index contributed by atoms with van der Waals surface area (Å²) in [6, 6.07) is 17.5. The van der Waals surface area contributed by atoms with Gasteiger partial charge in [-0.05, 0) is 35.1 Å². The molecule has 0 aliphatic rings. The molecule has 6 heteroatoms. The highest BCUT2D eigenvalue weighted by Gasteiger charge is 2.19. The number of hydrogen-bond acceptors (Lipinski definition) is 4. The average Bonchev–Trinajstić information content (AvgIpc) is 2.74. The van der Waals surface area contributed by atoms with Crippen LogP contribution in [0.15, 0.2) is 54.6 Å². The number of amides is 3. The molecular formula is C25H32N2O4. The van der Waals surface area contributed by atoms with Gasteiger partial charge in [0.15, 0.2) is 0 Å². The lowest BCUT2D eigenvalue weighted by atomic mass is 9.86. The summed E-state index contributed by atoms with van der Waals surface area (Å²) in [5.41, 5.74) is 2.33. The first-order valence-corrected chi connectivity index (χ1v) is 10.5. The number of hydrogen-bond donors (Lipinski definition) is 0. The van der Waals surface area contributed by atoms with Crippen LogP contribution in [0.1, 0.15) is 38.3 Å². The quantitative estimate of drug-likeness (QED) is 0.433. The third-order valence-corrected chi connectivity index (χ3v) is 5.08. The lowest BCUT2D eigenvalue weighted by Gasteiger charge is -2.21. The Morgan fingerprint density at radius 3 is 2.16 bits per heavy atom. The van der Waals surface area contributed by atoms with Crippen LogP contribution >= 0.6 is 0 Å². The van der Waals surface area contributed by atoms with Gasteiger partial charge in [-0.3, -0.25) is 19.3 Å². The monoisotopic (exact) mass is 424 g/mol. The number of carbonyl (C=O) groups is 3. The SMILES string of the molecule is CN(CCOc1ccccc1)C(=O)CC(=O)N(C=O)CCc1ccc(C(C)(C)C)cc1. The maximum Gasteiger partial charge on any atom is 0.238 e. The molecule has 0 saturated heterocycles. The Hall–Kier alpha value is -3.15. The minimum Gasteiger partial charge on any atom is -0.492 e. The molecule has 0 radical (unpaired) electrons. The predicted octanol–water partition coefficient (Wildman–Crippen LogP) is 3.44. The topological polar surface area (TPSA) is 66.9 Å². The molecule has 0 fully saturated rings. The first kappa shape index (κ1) is 24.1. The highest BCUT2D eigenvalue weighted by Crippen LogP contribution is 2.22. The number of benzene rings is 2. The number of ether oxygens (including phenoxy) is 1. The molecule has 166 valence electrons. The molecule has 0 bridgehead atoms. The molecule has 2 aromatic carbocycles. The van der Waals surface area contributed by atoms with E-state index < -0.39 is 5.91 Å². The van der Waals surface area contributed by atoms with E-state index in [4.69, 9.17) is 4.74 Å². The number of imide groups is 1. The molecule has 0 atom stereocenters. The van der Waals surface area contributed by atoms with Gasteiger partial charge >= 0.3 is 0 Å². The standard InChI is InChI=1S/C25H32N2O4/c1-25(2,3)21-12-10-20(11-13-21)14-15-27(19-28)24(30)18-23(29)26(4)16-17-31-22-8-6-5-7-9-22/h5-13,19H,14-18H2,1-4H3. The normalized spacial score (nSPS) is 11.0.